The maximum absolute atomic E-state index is 5.03. The molecule has 1 aromatic rings. The number of nitrogens with one attached hydrogen (secondary N) is 1. The molecule has 80 valence electrons. The van der Waals surface area contributed by atoms with Gasteiger partial charge in [0.25, 0.3) is 0 Å². The zero-order valence-electron chi connectivity index (χ0n) is 9.29. The molecule has 0 radical (unpaired) electrons. The van der Waals surface area contributed by atoms with Gasteiger partial charge in [0.2, 0.25) is 0 Å². The Balaban J connectivity index is 2.30. The summed E-state index contributed by atoms with van der Waals surface area (Å²) in [7, 11) is 2.13. The highest BCUT2D eigenvalue weighted by atomic mass is 16.3. The zero-order chi connectivity index (χ0) is 10.4. The number of nitrogens with zero attached hydrogens (tertiary/aromatic N) is 1. The molecule has 3 nitrogen and oxygen atoms in total. The molecule has 0 saturated carbocycles. The van der Waals surface area contributed by atoms with E-state index < -0.39 is 0 Å². The Labute approximate surface area is 86.1 Å². The molecule has 0 aliphatic heterocycles. The van der Waals surface area contributed by atoms with E-state index in [-0.39, 0.29) is 0 Å². The minimum atomic E-state index is 0.546. The van der Waals surface area contributed by atoms with Crippen molar-refractivity contribution in [2.24, 2.45) is 0 Å². The van der Waals surface area contributed by atoms with E-state index in [1.807, 2.05) is 6.07 Å². The summed E-state index contributed by atoms with van der Waals surface area (Å²) in [5.74, 6) is 0. The Morgan fingerprint density at radius 3 is 2.93 bits per heavy atom. The Morgan fingerprint density at radius 2 is 2.36 bits per heavy atom. The van der Waals surface area contributed by atoms with Crippen LogP contribution in [-0.4, -0.2) is 31.1 Å². The molecule has 3 heteroatoms. The van der Waals surface area contributed by atoms with Crippen molar-refractivity contribution in [1.82, 2.24) is 10.2 Å². The smallest absolute Gasteiger partial charge is 0.0947 e. The normalized spacial score (nSPS) is 13.4. The van der Waals surface area contributed by atoms with E-state index in [0.29, 0.717) is 6.04 Å². The van der Waals surface area contributed by atoms with Crippen molar-refractivity contribution in [1.29, 1.82) is 0 Å². The molecule has 0 saturated heterocycles. The van der Waals surface area contributed by atoms with Crippen LogP contribution < -0.4 is 5.32 Å². The van der Waals surface area contributed by atoms with Crippen molar-refractivity contribution in [2.45, 2.75) is 26.4 Å². The van der Waals surface area contributed by atoms with Crippen molar-refractivity contribution in [3.05, 3.63) is 24.2 Å². The monoisotopic (exact) mass is 196 g/mol. The van der Waals surface area contributed by atoms with Crippen LogP contribution in [0, 0.1) is 0 Å². The quantitative estimate of drug-likeness (QED) is 0.751. The molecule has 1 heterocycles. The molecule has 14 heavy (non-hydrogen) atoms. The molecule has 1 N–H and O–H groups in total. The predicted molar refractivity (Wildman–Crippen MR) is 58.2 cm³/mol. The summed E-state index contributed by atoms with van der Waals surface area (Å²) in [5.41, 5.74) is 1.23. The third-order valence-corrected chi connectivity index (χ3v) is 2.45. The summed E-state index contributed by atoms with van der Waals surface area (Å²) in [6.07, 6.45) is 3.52. The topological polar surface area (TPSA) is 28.4 Å². The van der Waals surface area contributed by atoms with Gasteiger partial charge in [0.1, 0.15) is 0 Å². The van der Waals surface area contributed by atoms with E-state index in [1.54, 1.807) is 12.5 Å². The van der Waals surface area contributed by atoms with Gasteiger partial charge in [-0.1, -0.05) is 6.92 Å². The van der Waals surface area contributed by atoms with Crippen molar-refractivity contribution in [3.8, 4) is 0 Å². The standard InChI is InChI=1S/C11H20N2O/c1-4-12-7-10(2)13(3)8-11-5-6-14-9-11/h5-6,9-10,12H,4,7-8H2,1-3H3. The molecule has 1 unspecified atom stereocenters. The maximum Gasteiger partial charge on any atom is 0.0947 e. The second-order valence-corrected chi connectivity index (χ2v) is 3.70. The lowest BCUT2D eigenvalue weighted by Crippen LogP contribution is -2.37. The van der Waals surface area contributed by atoms with Gasteiger partial charge in [0.15, 0.2) is 0 Å². The molecule has 1 rings (SSSR count). The minimum absolute atomic E-state index is 0.546. The van der Waals surface area contributed by atoms with E-state index in [2.05, 4.69) is 31.1 Å². The Kier molecular flexibility index (Phi) is 4.70. The number of hydrogen-bond acceptors (Lipinski definition) is 3. The van der Waals surface area contributed by atoms with Gasteiger partial charge in [-0.3, -0.25) is 4.90 Å². The fourth-order valence-electron chi connectivity index (χ4n) is 1.34. The average Bonchev–Trinajstić information content (AvgIpc) is 2.66. The molecule has 0 aliphatic carbocycles. The first-order chi connectivity index (χ1) is 6.74. The van der Waals surface area contributed by atoms with Gasteiger partial charge in [-0.15, -0.1) is 0 Å². The Morgan fingerprint density at radius 1 is 1.57 bits per heavy atom. The van der Waals surface area contributed by atoms with Crippen LogP contribution in [-0.2, 0) is 6.54 Å². The van der Waals surface area contributed by atoms with Crippen molar-refractivity contribution in [3.63, 3.8) is 0 Å². The lowest BCUT2D eigenvalue weighted by molar-refractivity contribution is 0.243. The van der Waals surface area contributed by atoms with Crippen molar-refractivity contribution < 1.29 is 4.42 Å². The highest BCUT2D eigenvalue weighted by Gasteiger charge is 2.08. The molecule has 1 atom stereocenters. The molecule has 0 bridgehead atoms. The predicted octanol–water partition coefficient (Wildman–Crippen LogP) is 1.71. The van der Waals surface area contributed by atoms with Gasteiger partial charge in [0.05, 0.1) is 12.5 Å². The van der Waals surface area contributed by atoms with Gasteiger partial charge in [-0.05, 0) is 26.6 Å². The largest absolute Gasteiger partial charge is 0.472 e. The summed E-state index contributed by atoms with van der Waals surface area (Å²) in [5, 5.41) is 3.34. The van der Waals surface area contributed by atoms with Gasteiger partial charge in [-0.25, -0.2) is 0 Å². The molecule has 0 fully saturated rings. The highest BCUT2D eigenvalue weighted by molar-refractivity contribution is 5.04. The van der Waals surface area contributed by atoms with E-state index >= 15 is 0 Å². The lowest BCUT2D eigenvalue weighted by Gasteiger charge is -2.24. The van der Waals surface area contributed by atoms with Gasteiger partial charge in [-0.2, -0.15) is 0 Å². The molecular weight excluding hydrogens is 176 g/mol. The second-order valence-electron chi connectivity index (χ2n) is 3.70. The van der Waals surface area contributed by atoms with Crippen molar-refractivity contribution >= 4 is 0 Å². The van der Waals surface area contributed by atoms with Crippen LogP contribution in [0.3, 0.4) is 0 Å². The fraction of sp³-hybridized carbons (Fsp3) is 0.636. The van der Waals surface area contributed by atoms with E-state index in [1.165, 1.54) is 5.56 Å². The summed E-state index contributed by atoms with van der Waals surface area (Å²) in [6, 6.07) is 2.56. The van der Waals surface area contributed by atoms with Crippen LogP contribution in [0.5, 0.6) is 0 Å². The number of rotatable bonds is 6. The first-order valence-electron chi connectivity index (χ1n) is 5.16. The van der Waals surface area contributed by atoms with E-state index in [9.17, 15) is 0 Å². The van der Waals surface area contributed by atoms with Crippen LogP contribution in [0.2, 0.25) is 0 Å². The molecule has 0 aliphatic rings. The fourth-order valence-corrected chi connectivity index (χ4v) is 1.34. The van der Waals surface area contributed by atoms with E-state index in [0.717, 1.165) is 19.6 Å². The maximum atomic E-state index is 5.03. The van der Waals surface area contributed by atoms with Gasteiger partial charge >= 0.3 is 0 Å². The van der Waals surface area contributed by atoms with E-state index in [4.69, 9.17) is 4.42 Å². The Hall–Kier alpha value is -0.800. The summed E-state index contributed by atoms with van der Waals surface area (Å²) >= 11 is 0. The summed E-state index contributed by atoms with van der Waals surface area (Å²) < 4.78 is 5.03. The molecule has 0 amide bonds. The first kappa shape index (κ1) is 11.3. The SMILES string of the molecule is CCNCC(C)N(C)Cc1ccoc1. The summed E-state index contributed by atoms with van der Waals surface area (Å²) in [6.45, 7) is 7.36. The van der Waals surface area contributed by atoms with Crippen LogP contribution in [0.4, 0.5) is 0 Å². The number of likely N-dealkylation sites (N-methyl/N-ethyl adjacent to an activating group) is 2. The van der Waals surface area contributed by atoms with Crippen LogP contribution in [0.25, 0.3) is 0 Å². The van der Waals surface area contributed by atoms with Crippen LogP contribution >= 0.6 is 0 Å². The lowest BCUT2D eigenvalue weighted by atomic mass is 10.2. The minimum Gasteiger partial charge on any atom is -0.472 e. The second kappa shape index (κ2) is 5.83. The molecule has 0 spiro atoms. The number of hydrogen-bond donors (Lipinski definition) is 1. The van der Waals surface area contributed by atoms with Gasteiger partial charge in [0, 0.05) is 24.7 Å². The highest BCUT2D eigenvalue weighted by Crippen LogP contribution is 2.06. The first-order valence-corrected chi connectivity index (χ1v) is 5.16. The van der Waals surface area contributed by atoms with Crippen LogP contribution in [0.1, 0.15) is 19.4 Å². The Bertz CT molecular complexity index is 233. The zero-order valence-corrected chi connectivity index (χ0v) is 9.29. The summed E-state index contributed by atoms with van der Waals surface area (Å²) in [4.78, 5) is 2.31. The molecule has 0 aromatic carbocycles. The van der Waals surface area contributed by atoms with Crippen LogP contribution in [0.15, 0.2) is 23.0 Å². The van der Waals surface area contributed by atoms with Crippen molar-refractivity contribution in [2.75, 3.05) is 20.1 Å². The molecular formula is C11H20N2O. The third kappa shape index (κ3) is 3.52. The molecule has 1 aromatic heterocycles. The third-order valence-electron chi connectivity index (χ3n) is 2.45. The van der Waals surface area contributed by atoms with Gasteiger partial charge < -0.3 is 9.73 Å². The number of furan rings is 1. The average molecular weight is 196 g/mol.